The van der Waals surface area contributed by atoms with Gasteiger partial charge in [0.1, 0.15) is 0 Å². The van der Waals surface area contributed by atoms with Crippen molar-refractivity contribution in [2.24, 2.45) is 0 Å². The molecule has 0 unspecified atom stereocenters. The minimum Gasteiger partial charge on any atom is -0.380 e. The molecule has 1 aliphatic heterocycles. The number of hydrogen-bond acceptors (Lipinski definition) is 3. The van der Waals surface area contributed by atoms with E-state index in [1.807, 2.05) is 24.3 Å². The van der Waals surface area contributed by atoms with Gasteiger partial charge < -0.3 is 10.1 Å². The minimum absolute atomic E-state index is 0.000218. The number of methoxy groups -OCH3 is 1. The molecule has 1 amide bonds. The molecule has 1 fully saturated rings. The van der Waals surface area contributed by atoms with Crippen LogP contribution < -0.4 is 5.32 Å². The van der Waals surface area contributed by atoms with Crippen LogP contribution in [0, 0.1) is 0 Å². The van der Waals surface area contributed by atoms with Gasteiger partial charge in [-0.1, -0.05) is 18.6 Å². The number of nitrogens with one attached hydrogen (secondary N) is 1. The predicted molar refractivity (Wildman–Crippen MR) is 89.0 cm³/mol. The van der Waals surface area contributed by atoms with Crippen molar-refractivity contribution in [2.45, 2.75) is 45.3 Å². The molecule has 4 heteroatoms. The first-order valence-corrected chi connectivity index (χ1v) is 8.14. The number of nitrogens with zero attached hydrogens (tertiary/aromatic N) is 1. The van der Waals surface area contributed by atoms with E-state index in [4.69, 9.17) is 4.74 Å². The summed E-state index contributed by atoms with van der Waals surface area (Å²) in [7, 11) is 1.66. The van der Waals surface area contributed by atoms with Gasteiger partial charge in [-0.15, -0.1) is 0 Å². The van der Waals surface area contributed by atoms with Crippen LogP contribution in [0.2, 0.25) is 0 Å². The van der Waals surface area contributed by atoms with Gasteiger partial charge in [-0.3, -0.25) is 9.69 Å². The van der Waals surface area contributed by atoms with Crippen molar-refractivity contribution in [2.75, 3.05) is 26.7 Å². The zero-order chi connectivity index (χ0) is 16.0. The van der Waals surface area contributed by atoms with Gasteiger partial charge in [0, 0.05) is 24.8 Å². The molecule has 0 atom stereocenters. The van der Waals surface area contributed by atoms with Crippen LogP contribution in [0.3, 0.4) is 0 Å². The lowest BCUT2D eigenvalue weighted by Gasteiger charge is -2.41. The normalized spacial score (nSPS) is 16.5. The van der Waals surface area contributed by atoms with E-state index in [0.717, 1.165) is 18.7 Å². The lowest BCUT2D eigenvalue weighted by Crippen LogP contribution is -2.53. The zero-order valence-corrected chi connectivity index (χ0v) is 14.0. The van der Waals surface area contributed by atoms with Crippen LogP contribution in [-0.4, -0.2) is 43.1 Å². The largest absolute Gasteiger partial charge is 0.380 e. The first kappa shape index (κ1) is 17.0. The Morgan fingerprint density at radius 3 is 2.68 bits per heavy atom. The van der Waals surface area contributed by atoms with E-state index in [-0.39, 0.29) is 11.4 Å². The van der Waals surface area contributed by atoms with Crippen molar-refractivity contribution < 1.29 is 9.53 Å². The molecule has 1 heterocycles. The second kappa shape index (κ2) is 7.75. The molecule has 1 aromatic carbocycles. The molecular weight excluding hydrogens is 276 g/mol. The Morgan fingerprint density at radius 1 is 1.27 bits per heavy atom. The first-order chi connectivity index (χ1) is 10.5. The quantitative estimate of drug-likeness (QED) is 0.878. The number of carbonyl (C=O) groups excluding carboxylic acids is 1. The standard InChI is InChI=1S/C18H28N2O2/c1-18(2,20-10-5-4-6-11-20)14-19-17(21)16-9-7-8-15(12-16)13-22-3/h7-9,12H,4-6,10-11,13-14H2,1-3H3,(H,19,21). The van der Waals surface area contributed by atoms with E-state index in [2.05, 4.69) is 24.1 Å². The number of likely N-dealkylation sites (tertiary alicyclic amines) is 1. The van der Waals surface area contributed by atoms with Gasteiger partial charge >= 0.3 is 0 Å². The van der Waals surface area contributed by atoms with Crippen LogP contribution in [0.25, 0.3) is 0 Å². The average molecular weight is 304 g/mol. The highest BCUT2D eigenvalue weighted by Gasteiger charge is 2.28. The molecule has 0 aromatic heterocycles. The molecule has 1 aliphatic rings. The van der Waals surface area contributed by atoms with Crippen molar-refractivity contribution in [3.8, 4) is 0 Å². The number of rotatable bonds is 6. The molecule has 0 aliphatic carbocycles. The first-order valence-electron chi connectivity index (χ1n) is 8.14. The summed E-state index contributed by atoms with van der Waals surface area (Å²) >= 11 is 0. The molecule has 22 heavy (non-hydrogen) atoms. The maximum absolute atomic E-state index is 12.4. The number of benzene rings is 1. The molecule has 2 rings (SSSR count). The van der Waals surface area contributed by atoms with Crippen molar-refractivity contribution >= 4 is 5.91 Å². The third kappa shape index (κ3) is 4.55. The van der Waals surface area contributed by atoms with Crippen LogP contribution in [0.1, 0.15) is 49.0 Å². The molecule has 0 spiro atoms. The van der Waals surface area contributed by atoms with Gasteiger partial charge in [-0.05, 0) is 57.5 Å². The van der Waals surface area contributed by atoms with Gasteiger partial charge in [-0.2, -0.15) is 0 Å². The lowest BCUT2D eigenvalue weighted by atomic mass is 9.98. The van der Waals surface area contributed by atoms with E-state index in [1.54, 1.807) is 7.11 Å². The molecule has 1 aromatic rings. The molecule has 1 saturated heterocycles. The number of piperidine rings is 1. The Balaban J connectivity index is 1.92. The Hall–Kier alpha value is -1.39. The maximum Gasteiger partial charge on any atom is 0.251 e. The molecular formula is C18H28N2O2. The van der Waals surface area contributed by atoms with Crippen LogP contribution in [0.15, 0.2) is 24.3 Å². The monoisotopic (exact) mass is 304 g/mol. The summed E-state index contributed by atoms with van der Waals surface area (Å²) in [5, 5.41) is 3.08. The minimum atomic E-state index is -0.0111. The van der Waals surface area contributed by atoms with Crippen molar-refractivity contribution in [1.29, 1.82) is 0 Å². The molecule has 0 saturated carbocycles. The smallest absolute Gasteiger partial charge is 0.251 e. The number of carbonyl (C=O) groups is 1. The van der Waals surface area contributed by atoms with Crippen LogP contribution >= 0.6 is 0 Å². The van der Waals surface area contributed by atoms with Gasteiger partial charge in [0.05, 0.1) is 6.61 Å². The topological polar surface area (TPSA) is 41.6 Å². The number of amides is 1. The number of ether oxygens (including phenoxy) is 1. The molecule has 0 bridgehead atoms. The van der Waals surface area contributed by atoms with Crippen molar-refractivity contribution in [3.63, 3.8) is 0 Å². The fourth-order valence-electron chi connectivity index (χ4n) is 2.98. The van der Waals surface area contributed by atoms with Crippen LogP contribution in [-0.2, 0) is 11.3 Å². The Kier molecular flexibility index (Phi) is 5.98. The summed E-state index contributed by atoms with van der Waals surface area (Å²) in [6, 6.07) is 7.62. The average Bonchev–Trinajstić information content (AvgIpc) is 2.54. The fourth-order valence-corrected chi connectivity index (χ4v) is 2.98. The Bertz CT molecular complexity index is 494. The van der Waals surface area contributed by atoms with Gasteiger partial charge in [-0.25, -0.2) is 0 Å². The molecule has 1 N–H and O–H groups in total. The lowest BCUT2D eigenvalue weighted by molar-refractivity contribution is 0.0797. The second-order valence-corrected chi connectivity index (χ2v) is 6.68. The molecule has 4 nitrogen and oxygen atoms in total. The van der Waals surface area contributed by atoms with Crippen LogP contribution in [0.4, 0.5) is 0 Å². The van der Waals surface area contributed by atoms with E-state index in [1.165, 1.54) is 19.3 Å². The highest BCUT2D eigenvalue weighted by atomic mass is 16.5. The summed E-state index contributed by atoms with van der Waals surface area (Å²) in [5.74, 6) is -0.0111. The summed E-state index contributed by atoms with van der Waals surface area (Å²) < 4.78 is 5.12. The van der Waals surface area contributed by atoms with E-state index < -0.39 is 0 Å². The Morgan fingerprint density at radius 2 is 2.00 bits per heavy atom. The Labute approximate surface area is 133 Å². The summed E-state index contributed by atoms with van der Waals surface area (Å²) in [6.45, 7) is 7.87. The van der Waals surface area contributed by atoms with E-state index in [0.29, 0.717) is 18.7 Å². The van der Waals surface area contributed by atoms with Gasteiger partial charge in [0.15, 0.2) is 0 Å². The summed E-state index contributed by atoms with van der Waals surface area (Å²) in [6.07, 6.45) is 3.85. The van der Waals surface area contributed by atoms with Crippen LogP contribution in [0.5, 0.6) is 0 Å². The van der Waals surface area contributed by atoms with E-state index >= 15 is 0 Å². The van der Waals surface area contributed by atoms with Crippen molar-refractivity contribution in [3.05, 3.63) is 35.4 Å². The maximum atomic E-state index is 12.4. The van der Waals surface area contributed by atoms with E-state index in [9.17, 15) is 4.79 Å². The fraction of sp³-hybridized carbons (Fsp3) is 0.611. The van der Waals surface area contributed by atoms with Gasteiger partial charge in [0.2, 0.25) is 0 Å². The third-order valence-electron chi connectivity index (χ3n) is 4.39. The third-order valence-corrected chi connectivity index (χ3v) is 4.39. The summed E-state index contributed by atoms with van der Waals surface area (Å²) in [4.78, 5) is 14.8. The number of hydrogen-bond donors (Lipinski definition) is 1. The highest BCUT2D eigenvalue weighted by Crippen LogP contribution is 2.20. The van der Waals surface area contributed by atoms with Crippen molar-refractivity contribution in [1.82, 2.24) is 10.2 Å². The predicted octanol–water partition coefficient (Wildman–Crippen LogP) is 2.83. The zero-order valence-electron chi connectivity index (χ0n) is 14.0. The summed E-state index contributed by atoms with van der Waals surface area (Å²) in [5.41, 5.74) is 1.72. The molecule has 122 valence electrons. The molecule has 0 radical (unpaired) electrons. The SMILES string of the molecule is COCc1cccc(C(=O)NCC(C)(C)N2CCCCC2)c1. The second-order valence-electron chi connectivity index (χ2n) is 6.68. The highest BCUT2D eigenvalue weighted by molar-refractivity contribution is 5.94. The van der Waals surface area contributed by atoms with Gasteiger partial charge in [0.25, 0.3) is 5.91 Å².